The van der Waals surface area contributed by atoms with Crippen molar-refractivity contribution in [2.75, 3.05) is 12.3 Å². The van der Waals surface area contributed by atoms with Crippen molar-refractivity contribution < 1.29 is 23.7 Å². The number of hydrogen-bond acceptors (Lipinski definition) is 1. The molecule has 391 valence electrons. The van der Waals surface area contributed by atoms with Crippen LogP contribution in [0.3, 0.4) is 0 Å². The van der Waals surface area contributed by atoms with Crippen molar-refractivity contribution in [3.05, 3.63) is 0 Å². The van der Waals surface area contributed by atoms with Crippen molar-refractivity contribution in [2.24, 2.45) is 5.92 Å². The minimum Gasteiger partial charge on any atom is -0.393 e. The first-order chi connectivity index (χ1) is 31.7. The van der Waals surface area contributed by atoms with Gasteiger partial charge in [-0.1, -0.05) is 348 Å². The van der Waals surface area contributed by atoms with Crippen LogP contribution in [-0.4, -0.2) is 23.5 Å². The van der Waals surface area contributed by atoms with E-state index in [0.29, 0.717) is 0 Å². The Balaban J connectivity index is 0. The predicted octanol–water partition coefficient (Wildman–Crippen LogP) is 23.2. The molecule has 0 bridgehead atoms. The van der Waals surface area contributed by atoms with Crippen LogP contribution in [0.25, 0.3) is 0 Å². The topological polar surface area (TPSA) is 20.2 Å². The van der Waals surface area contributed by atoms with E-state index in [4.69, 9.17) is 0 Å². The van der Waals surface area contributed by atoms with Gasteiger partial charge in [0.2, 0.25) is 0 Å². The van der Waals surface area contributed by atoms with E-state index in [2.05, 4.69) is 20.8 Å². The molecule has 1 N–H and O–H groups in total. The zero-order valence-electron chi connectivity index (χ0n) is 45.9. The molecule has 0 saturated carbocycles. The van der Waals surface area contributed by atoms with E-state index in [1.165, 1.54) is 361 Å². The molecule has 0 heterocycles. The molecule has 0 aromatic carbocycles. The fourth-order valence-electron chi connectivity index (χ4n) is 10.5. The molecule has 0 rings (SSSR count). The normalized spacial score (nSPS) is 12.7. The Bertz CT molecular complexity index is 790. The molecule has 1 radical (unpaired) electrons. The van der Waals surface area contributed by atoms with Crippen molar-refractivity contribution in [1.82, 2.24) is 0 Å². The van der Waals surface area contributed by atoms with Gasteiger partial charge in [-0.2, -0.15) is 0 Å². The van der Waals surface area contributed by atoms with Crippen LogP contribution in [-0.2, 0) is 18.6 Å². The number of unbranched alkanes of at least 4 members (excludes halogenated alkanes) is 48. The molecule has 65 heavy (non-hydrogen) atoms. The van der Waals surface area contributed by atoms with Gasteiger partial charge in [-0.25, -0.2) is 0 Å². The molecule has 3 atom stereocenters. The van der Waals surface area contributed by atoms with Crippen molar-refractivity contribution in [3.8, 4) is 0 Å². The maximum absolute atomic E-state index is 10.4. The van der Waals surface area contributed by atoms with E-state index in [9.17, 15) is 5.11 Å². The monoisotopic (exact) mass is 970 g/mol. The largest absolute Gasteiger partial charge is 0.393 e. The van der Waals surface area contributed by atoms with Gasteiger partial charge in [0.1, 0.15) is 0 Å². The second-order valence-corrected chi connectivity index (χ2v) is 23.3. The van der Waals surface area contributed by atoms with E-state index >= 15 is 0 Å². The fourth-order valence-corrected chi connectivity index (χ4v) is 11.8. The summed E-state index contributed by atoms with van der Waals surface area (Å²) >= 11 is 0. The Morgan fingerprint density at radius 1 is 0.262 bits per heavy atom. The smallest absolute Gasteiger partial charge is 0.0540 e. The minimum absolute atomic E-state index is 0. The second kappa shape index (κ2) is 63.0. The molecule has 0 amide bonds. The molecule has 0 saturated heterocycles. The first-order valence-electron chi connectivity index (χ1n) is 31.1. The third-order valence-electron chi connectivity index (χ3n) is 15.2. The summed E-state index contributed by atoms with van der Waals surface area (Å²) in [5, 5.41) is 10.4. The summed E-state index contributed by atoms with van der Waals surface area (Å²) in [7, 11) is 1.25. The van der Waals surface area contributed by atoms with Gasteiger partial charge in [-0.05, 0) is 43.9 Å². The van der Waals surface area contributed by atoms with Gasteiger partial charge in [-0.3, -0.25) is 0 Å². The van der Waals surface area contributed by atoms with Crippen LogP contribution < -0.4 is 0 Å². The molecule has 0 aliphatic rings. The standard InChI is InChI=1S/C62H127OP.V/c1-4-7-9-11-13-15-17-19-20-21-27-30-34-38-42-46-50-54-58-64-59-55-51-47-43-39-35-31-28-25-23-22-24-26-29-33-37-41-45-49-53-57-61(60-62(63)6-3)56-52-48-44-40-36-32-18-16-14-12-10-8-5-2;/h61-64H,4-60H2,1-3H3;. The van der Waals surface area contributed by atoms with Crippen LogP contribution in [0.2, 0.25) is 0 Å². The maximum Gasteiger partial charge on any atom is 0.0540 e. The van der Waals surface area contributed by atoms with E-state index in [1.807, 2.05) is 0 Å². The minimum atomic E-state index is -0.0744. The molecule has 1 nitrogen and oxygen atoms in total. The van der Waals surface area contributed by atoms with Gasteiger partial charge in [0.25, 0.3) is 0 Å². The van der Waals surface area contributed by atoms with Gasteiger partial charge in [0.05, 0.1) is 6.10 Å². The van der Waals surface area contributed by atoms with Gasteiger partial charge < -0.3 is 5.11 Å². The third-order valence-corrected chi connectivity index (χ3v) is 16.6. The van der Waals surface area contributed by atoms with Crippen LogP contribution in [0.5, 0.6) is 0 Å². The summed E-state index contributed by atoms with van der Waals surface area (Å²) in [4.78, 5) is 0. The van der Waals surface area contributed by atoms with Gasteiger partial charge in [-0.15, -0.1) is 8.58 Å². The summed E-state index contributed by atoms with van der Waals surface area (Å²) in [5.41, 5.74) is 0. The van der Waals surface area contributed by atoms with Crippen molar-refractivity contribution in [3.63, 3.8) is 0 Å². The molecular formula is C62H127OPV. The summed E-state index contributed by atoms with van der Waals surface area (Å²) in [5.74, 6) is 0.760. The first-order valence-corrected chi connectivity index (χ1v) is 32.5. The van der Waals surface area contributed by atoms with Crippen molar-refractivity contribution in [1.29, 1.82) is 0 Å². The molecule has 0 aliphatic carbocycles. The Morgan fingerprint density at radius 2 is 0.446 bits per heavy atom. The molecule has 0 aromatic heterocycles. The second-order valence-electron chi connectivity index (χ2n) is 21.8. The van der Waals surface area contributed by atoms with Crippen LogP contribution in [0.15, 0.2) is 0 Å². The fraction of sp³-hybridized carbons (Fsp3) is 1.00. The molecule has 0 fully saturated rings. The number of aliphatic hydroxyl groups is 1. The van der Waals surface area contributed by atoms with Crippen LogP contribution in [0.1, 0.15) is 374 Å². The predicted molar refractivity (Wildman–Crippen MR) is 299 cm³/mol. The Morgan fingerprint density at radius 3 is 0.646 bits per heavy atom. The first kappa shape index (κ1) is 68.1. The van der Waals surface area contributed by atoms with Crippen LogP contribution in [0, 0.1) is 5.92 Å². The quantitative estimate of drug-likeness (QED) is 0.0476. The van der Waals surface area contributed by atoms with Crippen LogP contribution >= 0.6 is 8.58 Å². The molecule has 3 unspecified atom stereocenters. The van der Waals surface area contributed by atoms with E-state index in [-0.39, 0.29) is 24.7 Å². The molecular weight excluding hydrogens is 843 g/mol. The average molecular weight is 971 g/mol. The Labute approximate surface area is 428 Å². The van der Waals surface area contributed by atoms with E-state index < -0.39 is 0 Å². The SMILES string of the molecule is CCCCCCCCCCCCCCCCCCCCPCCCCCCCCCCCCCCCCCCCCCCC(CCCCCCCCCCCCCCC)CC(O)CC.[V]. The van der Waals surface area contributed by atoms with Crippen molar-refractivity contribution >= 4 is 8.58 Å². The van der Waals surface area contributed by atoms with Gasteiger partial charge in [0.15, 0.2) is 0 Å². The summed E-state index contributed by atoms with van der Waals surface area (Å²) in [6.45, 7) is 6.77. The van der Waals surface area contributed by atoms with Crippen LogP contribution in [0.4, 0.5) is 0 Å². The van der Waals surface area contributed by atoms with E-state index in [0.717, 1.165) is 18.8 Å². The van der Waals surface area contributed by atoms with E-state index in [1.54, 1.807) is 0 Å². The maximum atomic E-state index is 10.4. The number of aliphatic hydroxyl groups excluding tert-OH is 1. The third kappa shape index (κ3) is 61.0. The molecule has 0 aliphatic heterocycles. The summed E-state index contributed by atoms with van der Waals surface area (Å²) in [6.07, 6.45) is 82.4. The molecule has 0 spiro atoms. The molecule has 0 aromatic rings. The Kier molecular flexibility index (Phi) is 65.9. The number of hydrogen-bond donors (Lipinski definition) is 1. The molecule has 3 heteroatoms. The zero-order valence-corrected chi connectivity index (χ0v) is 48.3. The number of rotatable bonds is 59. The Hall–Kier alpha value is 0.974. The van der Waals surface area contributed by atoms with Gasteiger partial charge in [0, 0.05) is 18.6 Å². The average Bonchev–Trinajstić information content (AvgIpc) is 3.30. The van der Waals surface area contributed by atoms with Gasteiger partial charge >= 0.3 is 0 Å². The van der Waals surface area contributed by atoms with Crippen molar-refractivity contribution in [2.45, 2.75) is 380 Å². The summed E-state index contributed by atoms with van der Waals surface area (Å²) in [6, 6.07) is 0. The zero-order chi connectivity index (χ0) is 46.2. The summed E-state index contributed by atoms with van der Waals surface area (Å²) < 4.78 is 0.